The van der Waals surface area contributed by atoms with Gasteiger partial charge in [-0.25, -0.2) is 9.97 Å². The predicted octanol–water partition coefficient (Wildman–Crippen LogP) is 3.02. The molecule has 4 rings (SSSR count). The van der Waals surface area contributed by atoms with Crippen LogP contribution in [0.2, 0.25) is 0 Å². The zero-order valence-corrected chi connectivity index (χ0v) is 12.1. The molecule has 21 heavy (non-hydrogen) atoms. The Bertz CT molecular complexity index is 810. The highest BCUT2D eigenvalue weighted by Gasteiger charge is 2.20. The van der Waals surface area contributed by atoms with E-state index in [1.807, 2.05) is 18.2 Å². The second-order valence-corrected chi connectivity index (χ2v) is 5.97. The van der Waals surface area contributed by atoms with Gasteiger partial charge in [-0.05, 0) is 37.0 Å². The molecule has 0 fully saturated rings. The van der Waals surface area contributed by atoms with Crippen LogP contribution in [0.4, 0.5) is 5.82 Å². The van der Waals surface area contributed by atoms with Gasteiger partial charge in [-0.3, -0.25) is 10.4 Å². The molecule has 1 aliphatic rings. The molecule has 3 aromatic heterocycles. The Morgan fingerprint density at radius 1 is 1.19 bits per heavy atom. The summed E-state index contributed by atoms with van der Waals surface area (Å²) in [5, 5.41) is 5.38. The van der Waals surface area contributed by atoms with E-state index in [9.17, 15) is 0 Å². The second kappa shape index (κ2) is 5.21. The minimum atomic E-state index is 0.784. The van der Waals surface area contributed by atoms with Crippen molar-refractivity contribution in [3.05, 3.63) is 46.9 Å². The number of rotatable bonds is 3. The molecule has 0 atom stereocenters. The average Bonchev–Trinajstić information content (AvgIpc) is 3.09. The molecule has 3 heterocycles. The van der Waals surface area contributed by atoms with Crippen LogP contribution in [-0.2, 0) is 12.8 Å². The van der Waals surface area contributed by atoms with E-state index in [4.69, 9.17) is 0 Å². The van der Waals surface area contributed by atoms with Crippen molar-refractivity contribution < 1.29 is 0 Å². The number of hydrogen-bond acceptors (Lipinski definition) is 6. The number of anilines is 1. The summed E-state index contributed by atoms with van der Waals surface area (Å²) in [5.41, 5.74) is 5.24. The number of nitrogens with zero attached hydrogens (tertiary/aromatic N) is 4. The molecule has 0 aromatic carbocycles. The van der Waals surface area contributed by atoms with Crippen molar-refractivity contribution in [3.63, 3.8) is 0 Å². The molecule has 3 aromatic rings. The quantitative estimate of drug-likeness (QED) is 0.596. The summed E-state index contributed by atoms with van der Waals surface area (Å²) in [6, 6.07) is 5.72. The Morgan fingerprint density at radius 2 is 2.19 bits per heavy atom. The SMILES string of the molecule is C(=N\Nc1ncnc2sc3c(c12)CCC3)/c1ccccn1. The summed E-state index contributed by atoms with van der Waals surface area (Å²) < 4.78 is 0. The molecule has 5 nitrogen and oxygen atoms in total. The first-order chi connectivity index (χ1) is 10.4. The predicted molar refractivity (Wildman–Crippen MR) is 84.9 cm³/mol. The normalized spacial score (nSPS) is 13.9. The molecule has 0 unspecified atom stereocenters. The van der Waals surface area contributed by atoms with E-state index in [0.717, 1.165) is 34.6 Å². The van der Waals surface area contributed by atoms with Crippen molar-refractivity contribution in [1.82, 2.24) is 15.0 Å². The molecule has 0 saturated carbocycles. The van der Waals surface area contributed by atoms with Crippen molar-refractivity contribution in [1.29, 1.82) is 0 Å². The lowest BCUT2D eigenvalue weighted by Gasteiger charge is -2.02. The van der Waals surface area contributed by atoms with Gasteiger partial charge in [0.05, 0.1) is 17.3 Å². The molecule has 0 saturated heterocycles. The van der Waals surface area contributed by atoms with Crippen LogP contribution in [0.25, 0.3) is 10.2 Å². The molecule has 6 heteroatoms. The Morgan fingerprint density at radius 3 is 3.10 bits per heavy atom. The fraction of sp³-hybridized carbons (Fsp3) is 0.200. The van der Waals surface area contributed by atoms with Crippen LogP contribution in [0.1, 0.15) is 22.6 Å². The summed E-state index contributed by atoms with van der Waals surface area (Å²) in [5.74, 6) is 0.784. The van der Waals surface area contributed by atoms with Crippen molar-refractivity contribution in [2.24, 2.45) is 5.10 Å². The molecule has 0 radical (unpaired) electrons. The average molecular weight is 295 g/mol. The lowest BCUT2D eigenvalue weighted by Crippen LogP contribution is -1.96. The highest BCUT2D eigenvalue weighted by atomic mass is 32.1. The lowest BCUT2D eigenvalue weighted by atomic mass is 10.2. The highest BCUT2D eigenvalue weighted by Crippen LogP contribution is 2.38. The van der Waals surface area contributed by atoms with E-state index in [2.05, 4.69) is 25.5 Å². The first kappa shape index (κ1) is 12.4. The molecular weight excluding hydrogens is 282 g/mol. The van der Waals surface area contributed by atoms with E-state index in [1.165, 1.54) is 16.9 Å². The third kappa shape index (κ3) is 2.27. The van der Waals surface area contributed by atoms with Crippen molar-refractivity contribution in [2.75, 3.05) is 5.43 Å². The van der Waals surface area contributed by atoms with E-state index < -0.39 is 0 Å². The first-order valence-electron chi connectivity index (χ1n) is 6.87. The smallest absolute Gasteiger partial charge is 0.158 e. The molecular formula is C15H13N5S. The van der Waals surface area contributed by atoms with E-state index in [-0.39, 0.29) is 0 Å². The Hall–Kier alpha value is -2.34. The zero-order chi connectivity index (χ0) is 14.1. The van der Waals surface area contributed by atoms with Gasteiger partial charge in [-0.2, -0.15) is 5.10 Å². The molecule has 1 aliphatic carbocycles. The maximum atomic E-state index is 4.37. The lowest BCUT2D eigenvalue weighted by molar-refractivity contribution is 0.917. The number of hydrazone groups is 1. The van der Waals surface area contributed by atoms with Crippen LogP contribution >= 0.6 is 11.3 Å². The summed E-state index contributed by atoms with van der Waals surface area (Å²) in [6.07, 6.45) is 8.53. The van der Waals surface area contributed by atoms with Gasteiger partial charge in [0.1, 0.15) is 11.2 Å². The topological polar surface area (TPSA) is 63.1 Å². The summed E-state index contributed by atoms with van der Waals surface area (Å²) in [7, 11) is 0. The molecule has 0 bridgehead atoms. The largest absolute Gasteiger partial charge is 0.261 e. The summed E-state index contributed by atoms with van der Waals surface area (Å²) in [4.78, 5) is 15.4. The van der Waals surface area contributed by atoms with Crippen LogP contribution in [-0.4, -0.2) is 21.2 Å². The van der Waals surface area contributed by atoms with Crippen LogP contribution in [0.15, 0.2) is 35.8 Å². The van der Waals surface area contributed by atoms with Crippen molar-refractivity contribution in [3.8, 4) is 0 Å². The third-order valence-electron chi connectivity index (χ3n) is 3.56. The van der Waals surface area contributed by atoms with Gasteiger partial charge >= 0.3 is 0 Å². The van der Waals surface area contributed by atoms with Gasteiger partial charge < -0.3 is 0 Å². The zero-order valence-electron chi connectivity index (χ0n) is 11.3. The Balaban J connectivity index is 1.66. The van der Waals surface area contributed by atoms with Crippen LogP contribution in [0, 0.1) is 0 Å². The third-order valence-corrected chi connectivity index (χ3v) is 4.76. The van der Waals surface area contributed by atoms with E-state index in [1.54, 1.807) is 30.1 Å². The molecule has 104 valence electrons. The van der Waals surface area contributed by atoms with Crippen molar-refractivity contribution >= 4 is 33.6 Å². The number of pyridine rings is 1. The first-order valence-corrected chi connectivity index (χ1v) is 7.69. The summed E-state index contributed by atoms with van der Waals surface area (Å²) in [6.45, 7) is 0. The second-order valence-electron chi connectivity index (χ2n) is 4.88. The van der Waals surface area contributed by atoms with Crippen molar-refractivity contribution in [2.45, 2.75) is 19.3 Å². The fourth-order valence-corrected chi connectivity index (χ4v) is 3.85. The molecule has 0 spiro atoms. The van der Waals surface area contributed by atoms with Gasteiger partial charge in [0, 0.05) is 11.1 Å². The van der Waals surface area contributed by atoms with Crippen LogP contribution in [0.5, 0.6) is 0 Å². The molecule has 1 N–H and O–H groups in total. The van der Waals surface area contributed by atoms with Gasteiger partial charge in [0.2, 0.25) is 0 Å². The molecule has 0 aliphatic heterocycles. The van der Waals surface area contributed by atoms with Gasteiger partial charge in [0.15, 0.2) is 5.82 Å². The Labute approximate surface area is 125 Å². The van der Waals surface area contributed by atoms with Gasteiger partial charge in [-0.15, -0.1) is 11.3 Å². The van der Waals surface area contributed by atoms with E-state index in [0.29, 0.717) is 0 Å². The fourth-order valence-electron chi connectivity index (χ4n) is 2.63. The number of aryl methyl sites for hydroxylation is 2. The number of thiophene rings is 1. The number of fused-ring (bicyclic) bond motifs is 3. The standard InChI is InChI=1S/C15H13N5S/c1-2-7-16-10(4-1)8-19-20-14-13-11-5-3-6-12(11)21-15(13)18-9-17-14/h1-2,4,7-9H,3,5-6H2,(H,17,18,20)/b19-8+. The van der Waals surface area contributed by atoms with Gasteiger partial charge in [0.25, 0.3) is 0 Å². The summed E-state index contributed by atoms with van der Waals surface area (Å²) >= 11 is 1.78. The minimum absolute atomic E-state index is 0.784. The van der Waals surface area contributed by atoms with Gasteiger partial charge in [-0.1, -0.05) is 6.07 Å². The van der Waals surface area contributed by atoms with E-state index >= 15 is 0 Å². The number of nitrogens with one attached hydrogen (secondary N) is 1. The minimum Gasteiger partial charge on any atom is -0.261 e. The van der Waals surface area contributed by atoms with Crippen LogP contribution < -0.4 is 5.43 Å². The number of hydrogen-bond donors (Lipinski definition) is 1. The monoisotopic (exact) mass is 295 g/mol. The molecule has 0 amide bonds. The highest BCUT2D eigenvalue weighted by molar-refractivity contribution is 7.19. The number of aromatic nitrogens is 3. The maximum Gasteiger partial charge on any atom is 0.158 e. The van der Waals surface area contributed by atoms with Crippen LogP contribution in [0.3, 0.4) is 0 Å². The Kier molecular flexibility index (Phi) is 3.08. The maximum absolute atomic E-state index is 4.37.